The molecule has 1 aliphatic heterocycles. The molecule has 0 unspecified atom stereocenters. The number of ether oxygens (including phenoxy) is 2. The summed E-state index contributed by atoms with van der Waals surface area (Å²) in [6, 6.07) is 6.46. The maximum Gasteiger partial charge on any atom is 0.333 e. The van der Waals surface area contributed by atoms with E-state index in [0.29, 0.717) is 35.2 Å². The molecule has 0 spiro atoms. The summed E-state index contributed by atoms with van der Waals surface area (Å²) in [5.41, 5.74) is 9.29. The number of aryl methyl sites for hydroxylation is 1. The summed E-state index contributed by atoms with van der Waals surface area (Å²) in [6.45, 7) is 5.83. The molecule has 1 aromatic carbocycles. The van der Waals surface area contributed by atoms with E-state index in [4.69, 9.17) is 36.1 Å². The number of thiophene rings is 1. The highest BCUT2D eigenvalue weighted by Gasteiger charge is 2.39. The quantitative estimate of drug-likeness (QED) is 0.198. The predicted molar refractivity (Wildman–Crippen MR) is 169 cm³/mol. The maximum absolute atomic E-state index is 13.9. The summed E-state index contributed by atoms with van der Waals surface area (Å²) >= 11 is 7.66. The molecule has 5 rings (SSSR count). The van der Waals surface area contributed by atoms with Crippen LogP contribution in [0.15, 0.2) is 36.8 Å². The van der Waals surface area contributed by atoms with E-state index >= 15 is 0 Å². The minimum atomic E-state index is -4.21. The van der Waals surface area contributed by atoms with Gasteiger partial charge in [-0.15, -0.1) is 11.3 Å². The third-order valence-corrected chi connectivity index (χ3v) is 9.91. The molecule has 5 atom stereocenters. The first-order valence-electron chi connectivity index (χ1n) is 14.6. The van der Waals surface area contributed by atoms with Gasteiger partial charge in [-0.3, -0.25) is 13.8 Å². The first-order valence-corrected chi connectivity index (χ1v) is 17.2. The molecule has 1 aliphatic carbocycles. The molecule has 2 aliphatic rings. The second kappa shape index (κ2) is 13.8. The number of hydrogen-bond acceptors (Lipinski definition) is 12. The number of nitrogens with zero attached hydrogens (tertiary/aromatic N) is 2. The van der Waals surface area contributed by atoms with Crippen LogP contribution in [0, 0.1) is 18.8 Å². The van der Waals surface area contributed by atoms with Crippen LogP contribution in [0.2, 0.25) is 5.02 Å². The van der Waals surface area contributed by atoms with Crippen molar-refractivity contribution in [2.24, 2.45) is 22.7 Å². The van der Waals surface area contributed by atoms with Crippen LogP contribution in [0.4, 0.5) is 5.82 Å². The van der Waals surface area contributed by atoms with E-state index in [9.17, 15) is 18.0 Å². The number of aromatic nitrogens is 2. The van der Waals surface area contributed by atoms with E-state index in [2.05, 4.69) is 15.3 Å². The number of esters is 1. The van der Waals surface area contributed by atoms with Crippen molar-refractivity contribution in [2.45, 2.75) is 64.3 Å². The Balaban J connectivity index is 1.35. The Morgan fingerprint density at radius 3 is 2.73 bits per heavy atom. The van der Waals surface area contributed by atoms with Crippen molar-refractivity contribution in [1.82, 2.24) is 9.97 Å². The van der Waals surface area contributed by atoms with Gasteiger partial charge in [-0.05, 0) is 60.6 Å². The first-order chi connectivity index (χ1) is 21.3. The normalized spacial score (nSPS) is 22.2. The van der Waals surface area contributed by atoms with Gasteiger partial charge in [0.25, 0.3) is 0 Å². The topological polar surface area (TPSA) is 186 Å². The largest absolute Gasteiger partial charge is 0.461 e. The Labute approximate surface area is 271 Å². The predicted octanol–water partition coefficient (Wildman–Crippen LogP) is 3.70. The molecule has 242 valence electrons. The summed E-state index contributed by atoms with van der Waals surface area (Å²) < 4.78 is 39.7. The van der Waals surface area contributed by atoms with E-state index in [1.807, 2.05) is 31.2 Å². The van der Waals surface area contributed by atoms with Gasteiger partial charge in [0.1, 0.15) is 30.4 Å². The molecule has 1 saturated carbocycles. The van der Waals surface area contributed by atoms with E-state index in [0.717, 1.165) is 28.0 Å². The van der Waals surface area contributed by atoms with Gasteiger partial charge in [-0.1, -0.05) is 31.5 Å². The second-order valence-electron chi connectivity index (χ2n) is 11.7. The fourth-order valence-electron chi connectivity index (χ4n) is 5.68. The average molecular weight is 678 g/mol. The zero-order valence-corrected chi connectivity index (χ0v) is 27.5. The van der Waals surface area contributed by atoms with Crippen molar-refractivity contribution in [3.05, 3.63) is 73.8 Å². The minimum absolute atomic E-state index is 0.153. The Morgan fingerprint density at radius 1 is 1.22 bits per heavy atom. The summed E-state index contributed by atoms with van der Waals surface area (Å²) in [6.07, 6.45) is 3.19. The van der Waals surface area contributed by atoms with Crippen molar-refractivity contribution in [1.29, 1.82) is 0 Å². The molecule has 2 aromatic heterocycles. The van der Waals surface area contributed by atoms with Gasteiger partial charge in [0.05, 0.1) is 23.7 Å². The van der Waals surface area contributed by atoms with Crippen molar-refractivity contribution in [3.63, 3.8) is 0 Å². The summed E-state index contributed by atoms with van der Waals surface area (Å²) in [5.74, 6) is -1.21. The fraction of sp³-hybridized carbons (Fsp3) is 0.467. The first kappa shape index (κ1) is 33.4. The molecule has 1 fully saturated rings. The third kappa shape index (κ3) is 7.88. The number of carbonyl (C=O) groups excluding carboxylic acids is 2. The number of anilines is 1. The number of halogens is 1. The highest BCUT2D eigenvalue weighted by Crippen LogP contribution is 2.39. The molecule has 0 radical (unpaired) electrons. The van der Waals surface area contributed by atoms with Gasteiger partial charge in [0, 0.05) is 34.5 Å². The lowest BCUT2D eigenvalue weighted by molar-refractivity contribution is -0.153. The number of fused-ring (bicyclic) bond motifs is 1. The summed E-state index contributed by atoms with van der Waals surface area (Å²) in [7, 11) is -4.21. The van der Waals surface area contributed by atoms with E-state index in [1.54, 1.807) is 13.8 Å². The van der Waals surface area contributed by atoms with Crippen LogP contribution < -0.4 is 16.2 Å². The minimum Gasteiger partial charge on any atom is -0.461 e. The standard InChI is InChI=1S/C30H36ClN5O7S2/c1-15(2)26(32)30(38)43-24-10-20(8-18(24)13-42-45(33,39)40)36-29-23(12-34-14-35-29)27(37)25-11-21(16(3)44-25)28-22-9-19(31)5-4-17(22)6-7-41-28/h4-5,9,11-12,14-15,18,20,24,26,28H,6-8,10,13,32H2,1-3H3,(H2,33,39,40)(H,34,35,36)/t18-,20-,24+,26+,28+/m1/s1. The summed E-state index contributed by atoms with van der Waals surface area (Å²) in [4.78, 5) is 36.4. The van der Waals surface area contributed by atoms with E-state index in [-0.39, 0.29) is 36.0 Å². The molecule has 5 N–H and O–H groups in total. The SMILES string of the molecule is Cc1sc(C(=O)c2cncnc2N[C@@H]2C[C@H](COS(N)(=O)=O)[C@@H](OC(=O)[C@@H](N)C(C)C)C2)cc1[C@@H]1OCCc2ccc(Cl)cc21. The number of nitrogens with two attached hydrogens (primary N) is 2. The second-order valence-corrected chi connectivity index (χ2v) is 14.6. The van der Waals surface area contributed by atoms with Gasteiger partial charge in [0.2, 0.25) is 5.78 Å². The fourth-order valence-corrected chi connectivity index (χ4v) is 7.23. The molecule has 0 amide bonds. The molecular formula is C30H36ClN5O7S2. The van der Waals surface area contributed by atoms with Crippen LogP contribution in [0.5, 0.6) is 0 Å². The van der Waals surface area contributed by atoms with Crippen LogP contribution >= 0.6 is 22.9 Å². The number of benzene rings is 1. The zero-order valence-electron chi connectivity index (χ0n) is 25.1. The number of carbonyl (C=O) groups is 2. The van der Waals surface area contributed by atoms with Crippen LogP contribution in [0.25, 0.3) is 0 Å². The van der Waals surface area contributed by atoms with E-state index < -0.39 is 34.3 Å². The van der Waals surface area contributed by atoms with Crippen LogP contribution in [0.1, 0.15) is 69.6 Å². The molecule has 45 heavy (non-hydrogen) atoms. The Bertz CT molecular complexity index is 1680. The van der Waals surface area contributed by atoms with E-state index in [1.165, 1.54) is 23.9 Å². The van der Waals surface area contributed by atoms with Gasteiger partial charge in [-0.2, -0.15) is 8.42 Å². The molecule has 0 bridgehead atoms. The molecule has 3 aromatic rings. The van der Waals surface area contributed by atoms with Crippen molar-refractivity contribution in [2.75, 3.05) is 18.5 Å². The molecule has 12 nitrogen and oxygen atoms in total. The average Bonchev–Trinajstić information content (AvgIpc) is 3.57. The molecule has 15 heteroatoms. The molecule has 3 heterocycles. The monoisotopic (exact) mass is 677 g/mol. The highest BCUT2D eigenvalue weighted by molar-refractivity contribution is 7.84. The lowest BCUT2D eigenvalue weighted by Crippen LogP contribution is -2.40. The Hall–Kier alpha value is -2.98. The van der Waals surface area contributed by atoms with Gasteiger partial charge >= 0.3 is 16.3 Å². The number of ketones is 1. The van der Waals surface area contributed by atoms with Gasteiger partial charge in [0.15, 0.2) is 0 Å². The van der Waals surface area contributed by atoms with Crippen molar-refractivity contribution < 1.29 is 31.7 Å². The van der Waals surface area contributed by atoms with Crippen molar-refractivity contribution in [3.8, 4) is 0 Å². The third-order valence-electron chi connectivity index (χ3n) is 8.14. The highest BCUT2D eigenvalue weighted by atomic mass is 35.5. The van der Waals surface area contributed by atoms with Gasteiger partial charge in [-0.25, -0.2) is 15.1 Å². The number of hydrogen-bond donors (Lipinski definition) is 3. The number of nitrogens with one attached hydrogen (secondary N) is 1. The zero-order chi connectivity index (χ0) is 32.5. The van der Waals surface area contributed by atoms with Crippen molar-refractivity contribution >= 4 is 50.8 Å². The summed E-state index contributed by atoms with van der Waals surface area (Å²) in [5, 5.41) is 8.95. The van der Waals surface area contributed by atoms with Crippen LogP contribution in [0.3, 0.4) is 0 Å². The molecular weight excluding hydrogens is 642 g/mol. The molecule has 0 saturated heterocycles. The lowest BCUT2D eigenvalue weighted by Gasteiger charge is -2.26. The Kier molecular flexibility index (Phi) is 10.2. The lowest BCUT2D eigenvalue weighted by atomic mass is 9.93. The van der Waals surface area contributed by atoms with Crippen LogP contribution in [-0.4, -0.2) is 61.5 Å². The maximum atomic E-state index is 13.9. The van der Waals surface area contributed by atoms with Crippen LogP contribution in [-0.2, 0) is 35.2 Å². The number of rotatable bonds is 11. The Morgan fingerprint density at radius 2 is 2.00 bits per heavy atom. The smallest absolute Gasteiger partial charge is 0.333 e. The van der Waals surface area contributed by atoms with Gasteiger partial charge < -0.3 is 20.5 Å².